The highest BCUT2D eigenvalue weighted by atomic mass is 32.2. The Morgan fingerprint density at radius 3 is 2.50 bits per heavy atom. The van der Waals surface area contributed by atoms with Gasteiger partial charge in [0.25, 0.3) is 11.8 Å². The summed E-state index contributed by atoms with van der Waals surface area (Å²) in [5, 5.41) is 9.64. The first-order valence-corrected chi connectivity index (χ1v) is 15.5. The summed E-state index contributed by atoms with van der Waals surface area (Å²) < 4.78 is 1.00. The molecule has 4 N–H and O–H groups in total. The zero-order valence-corrected chi connectivity index (χ0v) is 25.2. The summed E-state index contributed by atoms with van der Waals surface area (Å²) in [6.07, 6.45) is 3.45. The second kappa shape index (κ2) is 13.0. The van der Waals surface area contributed by atoms with Crippen molar-refractivity contribution in [2.24, 2.45) is 0 Å². The molecule has 44 heavy (non-hydrogen) atoms. The summed E-state index contributed by atoms with van der Waals surface area (Å²) in [6, 6.07) is 31.4. The van der Waals surface area contributed by atoms with Crippen molar-refractivity contribution in [2.75, 3.05) is 10.6 Å². The molecule has 1 unspecified atom stereocenters. The van der Waals surface area contributed by atoms with Crippen LogP contribution >= 0.6 is 23.1 Å². The number of thioether (sulfide) groups is 1. The number of thiazole rings is 1. The molecule has 0 fully saturated rings. The minimum Gasteiger partial charge on any atom is -0.361 e. The third kappa shape index (κ3) is 6.72. The molecule has 2 aromatic heterocycles. The highest BCUT2D eigenvalue weighted by molar-refractivity contribution is 8.00. The van der Waals surface area contributed by atoms with Crippen molar-refractivity contribution in [1.29, 1.82) is 0 Å². The predicted octanol–water partition coefficient (Wildman–Crippen LogP) is 7.31. The lowest BCUT2D eigenvalue weighted by Gasteiger charge is -2.13. The van der Waals surface area contributed by atoms with Crippen LogP contribution in [0, 0.1) is 0 Å². The van der Waals surface area contributed by atoms with E-state index in [9.17, 15) is 14.4 Å². The number of H-pyrrole nitrogens is 1. The van der Waals surface area contributed by atoms with Crippen LogP contribution in [0.15, 0.2) is 120 Å². The van der Waals surface area contributed by atoms with Gasteiger partial charge < -0.3 is 20.9 Å². The standard InChI is InChI=1S/C34H27N5O3S2/c1-21(31(40)39-34-38-28-16-7-8-17-30(28)44-34)43-25-13-9-12-24(19-25)36-33(42)29(37-32(41)22-10-3-2-4-11-22)18-23-20-35-27-15-6-5-14-26(23)27/h2-21,35H,1H3,(H,36,42)(H,37,41)(H,38,39,40)/b29-18-. The average molecular weight is 618 g/mol. The van der Waals surface area contributed by atoms with Gasteiger partial charge in [0.1, 0.15) is 5.70 Å². The lowest BCUT2D eigenvalue weighted by Crippen LogP contribution is -2.30. The molecule has 0 aliphatic rings. The molecule has 6 aromatic rings. The summed E-state index contributed by atoms with van der Waals surface area (Å²) in [5.41, 5.74) is 3.56. The SMILES string of the molecule is CC(Sc1cccc(NC(=O)/C(=C/c2c[nH]c3ccccc23)NC(=O)c2ccccc2)c1)C(=O)Nc1nc2ccccc2s1. The molecule has 0 radical (unpaired) electrons. The number of nitrogens with one attached hydrogen (secondary N) is 4. The normalized spacial score (nSPS) is 12.2. The Balaban J connectivity index is 1.18. The third-order valence-electron chi connectivity index (χ3n) is 6.75. The molecule has 4 aromatic carbocycles. The fourth-order valence-corrected chi connectivity index (χ4v) is 6.34. The first kappa shape index (κ1) is 28.9. The summed E-state index contributed by atoms with van der Waals surface area (Å²) in [6.45, 7) is 1.82. The van der Waals surface area contributed by atoms with E-state index in [2.05, 4.69) is 25.9 Å². The number of hydrogen-bond acceptors (Lipinski definition) is 6. The Bertz CT molecular complexity index is 1980. The van der Waals surface area contributed by atoms with Gasteiger partial charge in [0.15, 0.2) is 5.13 Å². The maximum Gasteiger partial charge on any atom is 0.272 e. The first-order valence-electron chi connectivity index (χ1n) is 13.8. The van der Waals surface area contributed by atoms with Crippen LogP contribution in [0.25, 0.3) is 27.2 Å². The molecule has 6 rings (SSSR count). The summed E-state index contributed by atoms with van der Waals surface area (Å²) in [4.78, 5) is 48.0. The largest absolute Gasteiger partial charge is 0.361 e. The van der Waals surface area contributed by atoms with Crippen molar-refractivity contribution in [3.05, 3.63) is 126 Å². The second-order valence-electron chi connectivity index (χ2n) is 9.89. The molecule has 0 saturated heterocycles. The summed E-state index contributed by atoms with van der Waals surface area (Å²) in [7, 11) is 0. The Labute approximate surface area is 261 Å². The number of anilines is 2. The molecule has 0 bridgehead atoms. The number of rotatable bonds is 9. The maximum atomic E-state index is 13.6. The Morgan fingerprint density at radius 1 is 0.886 bits per heavy atom. The van der Waals surface area contributed by atoms with Crippen LogP contribution in [0.3, 0.4) is 0 Å². The van der Waals surface area contributed by atoms with E-state index in [0.29, 0.717) is 16.4 Å². The minimum absolute atomic E-state index is 0.0882. The van der Waals surface area contributed by atoms with Gasteiger partial charge in [0.2, 0.25) is 5.91 Å². The smallest absolute Gasteiger partial charge is 0.272 e. The topological polar surface area (TPSA) is 116 Å². The molecule has 0 spiro atoms. The number of carbonyl (C=O) groups is 3. The number of hydrogen-bond donors (Lipinski definition) is 4. The van der Waals surface area contributed by atoms with Crippen molar-refractivity contribution in [1.82, 2.24) is 15.3 Å². The third-order valence-corrected chi connectivity index (χ3v) is 8.79. The molecule has 10 heteroatoms. The van der Waals surface area contributed by atoms with Crippen LogP contribution < -0.4 is 16.0 Å². The number of aromatic amines is 1. The number of aromatic nitrogens is 2. The second-order valence-corrected chi connectivity index (χ2v) is 12.3. The van der Waals surface area contributed by atoms with E-state index in [1.807, 2.05) is 73.7 Å². The number of carbonyl (C=O) groups excluding carboxylic acids is 3. The van der Waals surface area contributed by atoms with Crippen LogP contribution in [-0.4, -0.2) is 32.9 Å². The van der Waals surface area contributed by atoms with Gasteiger partial charge in [0.05, 0.1) is 15.5 Å². The molecular formula is C34H27N5O3S2. The average Bonchev–Trinajstić information content (AvgIpc) is 3.64. The van der Waals surface area contributed by atoms with E-state index in [1.54, 1.807) is 48.7 Å². The van der Waals surface area contributed by atoms with Crippen LogP contribution in [-0.2, 0) is 9.59 Å². The van der Waals surface area contributed by atoms with Crippen LogP contribution in [0.1, 0.15) is 22.8 Å². The fraction of sp³-hybridized carbons (Fsp3) is 0.0588. The van der Waals surface area contributed by atoms with Gasteiger partial charge in [-0.25, -0.2) is 4.98 Å². The molecule has 1 atom stereocenters. The Morgan fingerprint density at radius 2 is 1.66 bits per heavy atom. The van der Waals surface area contributed by atoms with E-state index < -0.39 is 17.1 Å². The zero-order valence-electron chi connectivity index (χ0n) is 23.5. The number of amides is 3. The maximum absolute atomic E-state index is 13.6. The number of nitrogens with zero attached hydrogens (tertiary/aromatic N) is 1. The molecule has 218 valence electrons. The van der Waals surface area contributed by atoms with Gasteiger partial charge in [-0.1, -0.05) is 65.9 Å². The highest BCUT2D eigenvalue weighted by Gasteiger charge is 2.19. The van der Waals surface area contributed by atoms with Gasteiger partial charge in [-0.15, -0.1) is 11.8 Å². The molecule has 0 saturated carbocycles. The highest BCUT2D eigenvalue weighted by Crippen LogP contribution is 2.29. The van der Waals surface area contributed by atoms with Crippen LogP contribution in [0.4, 0.5) is 10.8 Å². The lowest BCUT2D eigenvalue weighted by atomic mass is 10.1. The van der Waals surface area contributed by atoms with E-state index >= 15 is 0 Å². The molecule has 0 aliphatic carbocycles. The zero-order chi connectivity index (χ0) is 30.5. The monoisotopic (exact) mass is 617 g/mol. The van der Waals surface area contributed by atoms with Crippen LogP contribution in [0.2, 0.25) is 0 Å². The Kier molecular flexibility index (Phi) is 8.53. The number of fused-ring (bicyclic) bond motifs is 2. The Hall–Kier alpha value is -5.19. The predicted molar refractivity (Wildman–Crippen MR) is 179 cm³/mol. The van der Waals surface area contributed by atoms with Gasteiger partial charge >= 0.3 is 0 Å². The van der Waals surface area contributed by atoms with E-state index in [-0.39, 0.29) is 11.6 Å². The first-order chi connectivity index (χ1) is 21.4. The lowest BCUT2D eigenvalue weighted by molar-refractivity contribution is -0.115. The van der Waals surface area contributed by atoms with E-state index in [0.717, 1.165) is 31.6 Å². The van der Waals surface area contributed by atoms with Crippen molar-refractivity contribution >= 4 is 78.8 Å². The van der Waals surface area contributed by atoms with Gasteiger partial charge in [-0.05, 0) is 61.5 Å². The molecule has 2 heterocycles. The van der Waals surface area contributed by atoms with Crippen molar-refractivity contribution in [3.63, 3.8) is 0 Å². The van der Waals surface area contributed by atoms with Crippen molar-refractivity contribution in [2.45, 2.75) is 17.1 Å². The van der Waals surface area contributed by atoms with Crippen molar-refractivity contribution < 1.29 is 14.4 Å². The molecule has 3 amide bonds. The van der Waals surface area contributed by atoms with E-state index in [4.69, 9.17) is 0 Å². The summed E-state index contributed by atoms with van der Waals surface area (Å²) in [5.74, 6) is -1.05. The van der Waals surface area contributed by atoms with Gasteiger partial charge in [0, 0.05) is 38.8 Å². The number of benzene rings is 4. The molecular weight excluding hydrogens is 591 g/mol. The number of para-hydroxylation sites is 2. The van der Waals surface area contributed by atoms with Crippen LogP contribution in [0.5, 0.6) is 0 Å². The van der Waals surface area contributed by atoms with E-state index in [1.165, 1.54) is 23.1 Å². The van der Waals surface area contributed by atoms with Gasteiger partial charge in [-0.3, -0.25) is 14.4 Å². The quantitative estimate of drug-likeness (QED) is 0.100. The summed E-state index contributed by atoms with van der Waals surface area (Å²) >= 11 is 2.79. The minimum atomic E-state index is -0.483. The van der Waals surface area contributed by atoms with Crippen molar-refractivity contribution in [3.8, 4) is 0 Å². The van der Waals surface area contributed by atoms with Gasteiger partial charge in [-0.2, -0.15) is 0 Å². The molecule has 0 aliphatic heterocycles. The fourth-order valence-electron chi connectivity index (χ4n) is 4.55. The molecule has 8 nitrogen and oxygen atoms in total.